The van der Waals surface area contributed by atoms with E-state index >= 15 is 0 Å². The Balaban J connectivity index is 1.70. The third kappa shape index (κ3) is 3.85. The first kappa shape index (κ1) is 19.0. The van der Waals surface area contributed by atoms with Crippen LogP contribution in [0.15, 0.2) is 42.5 Å². The van der Waals surface area contributed by atoms with Crippen molar-refractivity contribution in [1.82, 2.24) is 4.90 Å². The molecular weight excluding hydrogens is 385 g/mol. The average molecular weight is 400 g/mol. The Labute approximate surface area is 153 Å². The fourth-order valence-electron chi connectivity index (χ4n) is 2.71. The predicted octanol–water partition coefficient (Wildman–Crippen LogP) is 3.11. The van der Waals surface area contributed by atoms with Crippen LogP contribution in [0.25, 0.3) is 0 Å². The monoisotopic (exact) mass is 400 g/mol. The number of fused-ring (bicyclic) bond motifs is 1. The normalized spacial score (nSPS) is 14.2. The third-order valence-corrected chi connectivity index (χ3v) is 5.19. The zero-order valence-electron chi connectivity index (χ0n) is 14.1. The third-order valence-electron chi connectivity index (χ3n) is 4.08. The minimum atomic E-state index is -5.46. The van der Waals surface area contributed by atoms with Crippen LogP contribution < -0.4 is 9.46 Å². The van der Waals surface area contributed by atoms with Crippen molar-refractivity contribution in [3.63, 3.8) is 0 Å². The molecule has 0 fully saturated rings. The van der Waals surface area contributed by atoms with E-state index in [-0.39, 0.29) is 18.1 Å². The Kier molecular flexibility index (Phi) is 4.77. The van der Waals surface area contributed by atoms with E-state index in [0.29, 0.717) is 23.4 Å². The number of carbonyl (C=O) groups excluding carboxylic acids is 1. The van der Waals surface area contributed by atoms with Gasteiger partial charge in [-0.15, -0.1) is 0 Å². The molecule has 2 aromatic carbocycles. The summed E-state index contributed by atoms with van der Waals surface area (Å²) in [6, 6.07) is 10.6. The Bertz CT molecular complexity index is 973. The molecule has 0 radical (unpaired) electrons. The molecule has 2 aromatic rings. The van der Waals surface area contributed by atoms with Gasteiger partial charge < -0.3 is 9.64 Å². The fourth-order valence-corrected chi connectivity index (χ4v) is 3.27. The summed E-state index contributed by atoms with van der Waals surface area (Å²) in [5, 5.41) is 0. The van der Waals surface area contributed by atoms with E-state index in [4.69, 9.17) is 4.74 Å². The van der Waals surface area contributed by atoms with E-state index in [1.165, 1.54) is 36.1 Å². The van der Waals surface area contributed by atoms with E-state index in [2.05, 4.69) is 0 Å². The molecule has 1 N–H and O–H groups in total. The van der Waals surface area contributed by atoms with Gasteiger partial charge in [0.25, 0.3) is 5.91 Å². The van der Waals surface area contributed by atoms with Crippen molar-refractivity contribution in [3.8, 4) is 5.75 Å². The SMILES string of the molecule is COc1ccc2c(c1)C(=O)N(Cc1ccc(NS(=O)(=O)C(F)(F)F)cc1)C2. The molecule has 0 unspecified atom stereocenters. The van der Waals surface area contributed by atoms with Gasteiger partial charge in [0, 0.05) is 24.3 Å². The molecule has 1 aliphatic rings. The van der Waals surface area contributed by atoms with Gasteiger partial charge in [0.2, 0.25) is 0 Å². The molecule has 1 amide bonds. The van der Waals surface area contributed by atoms with E-state index < -0.39 is 15.5 Å². The first-order chi connectivity index (χ1) is 12.6. The van der Waals surface area contributed by atoms with Crippen molar-refractivity contribution in [2.24, 2.45) is 0 Å². The molecule has 0 bridgehead atoms. The van der Waals surface area contributed by atoms with Crippen LogP contribution >= 0.6 is 0 Å². The number of sulfonamides is 1. The predicted molar refractivity (Wildman–Crippen MR) is 91.6 cm³/mol. The molecule has 0 atom stereocenters. The number of benzene rings is 2. The van der Waals surface area contributed by atoms with Crippen LogP contribution in [0.5, 0.6) is 5.75 Å². The number of nitrogens with one attached hydrogen (secondary N) is 1. The number of ether oxygens (including phenoxy) is 1. The maximum Gasteiger partial charge on any atom is 0.516 e. The number of hydrogen-bond acceptors (Lipinski definition) is 4. The van der Waals surface area contributed by atoms with Crippen LogP contribution in [0.4, 0.5) is 18.9 Å². The number of nitrogens with zero attached hydrogens (tertiary/aromatic N) is 1. The lowest BCUT2D eigenvalue weighted by Gasteiger charge is -2.16. The Morgan fingerprint density at radius 2 is 1.81 bits per heavy atom. The number of amides is 1. The largest absolute Gasteiger partial charge is 0.516 e. The second-order valence-corrected chi connectivity index (χ2v) is 7.61. The quantitative estimate of drug-likeness (QED) is 0.837. The minimum Gasteiger partial charge on any atom is -0.497 e. The standard InChI is InChI=1S/C17H15F3N2O4S/c1-26-14-7-4-12-10-22(16(23)15(12)8-14)9-11-2-5-13(6-3-11)21-27(24,25)17(18,19)20/h2-8,21H,9-10H2,1H3. The number of anilines is 1. The average Bonchev–Trinajstić information content (AvgIpc) is 2.91. The molecule has 10 heteroatoms. The van der Waals surface area contributed by atoms with Gasteiger partial charge in [0.05, 0.1) is 7.11 Å². The van der Waals surface area contributed by atoms with E-state index in [9.17, 15) is 26.4 Å². The Hall–Kier alpha value is -2.75. The summed E-state index contributed by atoms with van der Waals surface area (Å²) in [7, 11) is -3.96. The Morgan fingerprint density at radius 1 is 1.15 bits per heavy atom. The summed E-state index contributed by atoms with van der Waals surface area (Å²) in [5.41, 5.74) is -3.55. The van der Waals surface area contributed by atoms with Gasteiger partial charge in [-0.05, 0) is 35.4 Å². The summed E-state index contributed by atoms with van der Waals surface area (Å²) < 4.78 is 66.0. The number of alkyl halides is 3. The molecular formula is C17H15F3N2O4S. The van der Waals surface area contributed by atoms with Crippen molar-refractivity contribution in [2.45, 2.75) is 18.6 Å². The lowest BCUT2D eigenvalue weighted by atomic mass is 10.1. The first-order valence-electron chi connectivity index (χ1n) is 7.75. The highest BCUT2D eigenvalue weighted by atomic mass is 32.2. The van der Waals surface area contributed by atoms with Crippen molar-refractivity contribution in [1.29, 1.82) is 0 Å². The molecule has 1 aliphatic heterocycles. The number of halogens is 3. The van der Waals surface area contributed by atoms with Crippen LogP contribution in [-0.2, 0) is 23.1 Å². The van der Waals surface area contributed by atoms with Gasteiger partial charge in [0.15, 0.2) is 0 Å². The lowest BCUT2D eigenvalue weighted by Crippen LogP contribution is -2.29. The van der Waals surface area contributed by atoms with E-state index in [0.717, 1.165) is 5.56 Å². The maximum absolute atomic E-state index is 12.5. The summed E-state index contributed by atoms with van der Waals surface area (Å²) in [6.45, 7) is 0.642. The van der Waals surface area contributed by atoms with Crippen LogP contribution in [0, 0.1) is 0 Å². The highest BCUT2D eigenvalue weighted by Gasteiger charge is 2.46. The molecule has 0 saturated carbocycles. The molecule has 144 valence electrons. The molecule has 0 aliphatic carbocycles. The molecule has 3 rings (SSSR count). The summed E-state index contributed by atoms with van der Waals surface area (Å²) >= 11 is 0. The van der Waals surface area contributed by atoms with Gasteiger partial charge in [-0.3, -0.25) is 9.52 Å². The first-order valence-corrected chi connectivity index (χ1v) is 9.23. The second-order valence-electron chi connectivity index (χ2n) is 5.93. The van der Waals surface area contributed by atoms with Crippen molar-refractivity contribution >= 4 is 21.6 Å². The van der Waals surface area contributed by atoms with Crippen LogP contribution in [0.2, 0.25) is 0 Å². The molecule has 0 aromatic heterocycles. The second kappa shape index (κ2) is 6.76. The molecule has 6 nitrogen and oxygen atoms in total. The molecule has 1 heterocycles. The van der Waals surface area contributed by atoms with Crippen molar-refractivity contribution in [3.05, 3.63) is 59.2 Å². The Morgan fingerprint density at radius 3 is 2.41 bits per heavy atom. The molecule has 0 spiro atoms. The van der Waals surface area contributed by atoms with Crippen LogP contribution in [-0.4, -0.2) is 31.8 Å². The maximum atomic E-state index is 12.5. The number of carbonyl (C=O) groups is 1. The van der Waals surface area contributed by atoms with Gasteiger partial charge in [0.1, 0.15) is 5.75 Å². The highest BCUT2D eigenvalue weighted by Crippen LogP contribution is 2.29. The van der Waals surface area contributed by atoms with Crippen molar-refractivity contribution in [2.75, 3.05) is 11.8 Å². The van der Waals surface area contributed by atoms with Gasteiger partial charge >= 0.3 is 15.5 Å². The smallest absolute Gasteiger partial charge is 0.497 e. The molecule has 27 heavy (non-hydrogen) atoms. The van der Waals surface area contributed by atoms with Gasteiger partial charge in [-0.1, -0.05) is 18.2 Å². The highest BCUT2D eigenvalue weighted by molar-refractivity contribution is 7.93. The topological polar surface area (TPSA) is 75.7 Å². The van der Waals surface area contributed by atoms with Crippen LogP contribution in [0.3, 0.4) is 0 Å². The lowest BCUT2D eigenvalue weighted by molar-refractivity contribution is -0.0429. The van der Waals surface area contributed by atoms with Gasteiger partial charge in [-0.2, -0.15) is 21.6 Å². The van der Waals surface area contributed by atoms with Crippen LogP contribution in [0.1, 0.15) is 21.5 Å². The number of rotatable bonds is 5. The van der Waals surface area contributed by atoms with Gasteiger partial charge in [-0.25, -0.2) is 0 Å². The zero-order chi connectivity index (χ0) is 19.8. The summed E-state index contributed by atoms with van der Waals surface area (Å²) in [4.78, 5) is 14.1. The fraction of sp³-hybridized carbons (Fsp3) is 0.235. The number of methoxy groups -OCH3 is 1. The van der Waals surface area contributed by atoms with E-state index in [1.807, 2.05) is 0 Å². The summed E-state index contributed by atoms with van der Waals surface area (Å²) in [6.07, 6.45) is 0. The number of hydrogen-bond donors (Lipinski definition) is 1. The van der Waals surface area contributed by atoms with Crippen molar-refractivity contribution < 1.29 is 31.1 Å². The molecule has 0 saturated heterocycles. The minimum absolute atomic E-state index is 0.175. The zero-order valence-corrected chi connectivity index (χ0v) is 14.9. The van der Waals surface area contributed by atoms with E-state index in [1.54, 1.807) is 23.1 Å². The summed E-state index contributed by atoms with van der Waals surface area (Å²) in [5.74, 6) is 0.399.